The van der Waals surface area contributed by atoms with Crippen LogP contribution in [0.5, 0.6) is 5.75 Å². The Hall–Kier alpha value is -1.88. The average Bonchev–Trinajstić information content (AvgIpc) is 3.02. The highest BCUT2D eigenvalue weighted by molar-refractivity contribution is 14.0. The van der Waals surface area contributed by atoms with E-state index in [0.717, 1.165) is 61.3 Å². The fourth-order valence-electron chi connectivity index (χ4n) is 3.88. The Morgan fingerprint density at radius 3 is 2.85 bits per heavy atom. The number of guanidine groups is 1. The van der Waals surface area contributed by atoms with E-state index in [1.807, 2.05) is 6.92 Å². The number of fused-ring (bicyclic) bond motifs is 1. The topological polar surface area (TPSA) is 85.6 Å². The summed E-state index contributed by atoms with van der Waals surface area (Å²) in [7, 11) is 1.79. The van der Waals surface area contributed by atoms with Gasteiger partial charge in [0.1, 0.15) is 24.0 Å². The summed E-state index contributed by atoms with van der Waals surface area (Å²) in [4.78, 5) is 4.35. The van der Waals surface area contributed by atoms with Gasteiger partial charge >= 0.3 is 0 Å². The average molecular weight is 571 g/mol. The van der Waals surface area contributed by atoms with Crippen molar-refractivity contribution < 1.29 is 9.47 Å². The number of halogens is 1. The van der Waals surface area contributed by atoms with E-state index in [1.165, 1.54) is 24.8 Å². The smallest absolute Gasteiger partial charge is 0.191 e. The van der Waals surface area contributed by atoms with Gasteiger partial charge in [0.2, 0.25) is 0 Å². The molecule has 1 aromatic carbocycles. The van der Waals surface area contributed by atoms with Crippen LogP contribution in [0.15, 0.2) is 23.2 Å². The van der Waals surface area contributed by atoms with Crippen molar-refractivity contribution in [3.8, 4) is 5.75 Å². The molecule has 9 heteroatoms. The van der Waals surface area contributed by atoms with Gasteiger partial charge in [-0.05, 0) is 44.7 Å². The molecule has 2 aromatic rings. The third kappa shape index (κ3) is 8.77. The molecule has 0 unspecified atom stereocenters. The maximum absolute atomic E-state index is 5.94. The number of hydrogen-bond acceptors (Lipinski definition) is 5. The third-order valence-electron chi connectivity index (χ3n) is 5.64. The van der Waals surface area contributed by atoms with E-state index in [2.05, 4.69) is 55.5 Å². The van der Waals surface area contributed by atoms with Gasteiger partial charge in [-0.15, -0.1) is 34.2 Å². The van der Waals surface area contributed by atoms with Crippen LogP contribution in [-0.2, 0) is 30.7 Å². The highest BCUT2D eigenvalue weighted by Gasteiger charge is 2.14. The lowest BCUT2D eigenvalue weighted by Crippen LogP contribution is -2.37. The first-order chi connectivity index (χ1) is 15.7. The van der Waals surface area contributed by atoms with Crippen LogP contribution in [0.4, 0.5) is 0 Å². The largest absolute Gasteiger partial charge is 0.491 e. The van der Waals surface area contributed by atoms with Gasteiger partial charge in [0.05, 0.1) is 6.61 Å². The van der Waals surface area contributed by atoms with E-state index in [1.54, 1.807) is 7.05 Å². The molecule has 0 saturated heterocycles. The number of aliphatic imine (C=N–C) groups is 1. The summed E-state index contributed by atoms with van der Waals surface area (Å²) >= 11 is 0. The highest BCUT2D eigenvalue weighted by Crippen LogP contribution is 2.20. The zero-order chi connectivity index (χ0) is 22.6. The Morgan fingerprint density at radius 2 is 2.03 bits per heavy atom. The molecule has 0 amide bonds. The zero-order valence-electron chi connectivity index (χ0n) is 20.2. The van der Waals surface area contributed by atoms with E-state index in [-0.39, 0.29) is 24.0 Å². The van der Waals surface area contributed by atoms with Gasteiger partial charge < -0.3 is 24.7 Å². The maximum Gasteiger partial charge on any atom is 0.191 e. The normalized spacial score (nSPS) is 13.6. The van der Waals surface area contributed by atoms with Crippen molar-refractivity contribution >= 4 is 29.9 Å². The predicted octanol–water partition coefficient (Wildman–Crippen LogP) is 3.64. The summed E-state index contributed by atoms with van der Waals surface area (Å²) in [6.45, 7) is 8.42. The Balaban J connectivity index is 0.00000385. The van der Waals surface area contributed by atoms with Crippen LogP contribution in [0, 0.1) is 6.92 Å². The van der Waals surface area contributed by atoms with Crippen molar-refractivity contribution in [2.45, 2.75) is 65.5 Å². The lowest BCUT2D eigenvalue weighted by Gasteiger charge is -2.15. The summed E-state index contributed by atoms with van der Waals surface area (Å²) in [5.74, 6) is 3.94. The van der Waals surface area contributed by atoms with E-state index in [4.69, 9.17) is 9.47 Å². The second-order valence-electron chi connectivity index (χ2n) is 8.11. The standard InChI is InChI=1S/C24H38N6O2.HI/c1-4-31-15-16-32-21-17-19(2)11-12-20(21)18-27-24(25-3)26-13-8-10-23-29-28-22-9-6-5-7-14-30(22)23;/h11-12,17H,4-10,13-16,18H2,1-3H3,(H2,25,26,27);1H. The van der Waals surface area contributed by atoms with Crippen LogP contribution in [0.25, 0.3) is 0 Å². The Bertz CT molecular complexity index is 871. The van der Waals surface area contributed by atoms with Gasteiger partial charge in [0, 0.05) is 51.7 Å². The number of nitrogens with zero attached hydrogens (tertiary/aromatic N) is 4. The number of aryl methyl sites for hydroxylation is 3. The number of ether oxygens (including phenoxy) is 2. The summed E-state index contributed by atoms with van der Waals surface area (Å²) in [6.07, 6.45) is 6.69. The lowest BCUT2D eigenvalue weighted by molar-refractivity contribution is 0.110. The van der Waals surface area contributed by atoms with Crippen LogP contribution < -0.4 is 15.4 Å². The maximum atomic E-state index is 5.94. The molecule has 33 heavy (non-hydrogen) atoms. The number of hydrogen-bond donors (Lipinski definition) is 2. The molecule has 0 aliphatic carbocycles. The fraction of sp³-hybridized carbons (Fsp3) is 0.625. The summed E-state index contributed by atoms with van der Waals surface area (Å²) in [5, 5.41) is 15.6. The van der Waals surface area contributed by atoms with Gasteiger partial charge in [-0.25, -0.2) is 0 Å². The second-order valence-corrected chi connectivity index (χ2v) is 8.11. The summed E-state index contributed by atoms with van der Waals surface area (Å²) in [5.41, 5.74) is 2.27. The molecule has 1 aliphatic rings. The molecule has 2 N–H and O–H groups in total. The molecule has 2 heterocycles. The zero-order valence-corrected chi connectivity index (χ0v) is 22.6. The minimum Gasteiger partial charge on any atom is -0.491 e. The number of rotatable bonds is 11. The molecule has 184 valence electrons. The van der Waals surface area contributed by atoms with Crippen LogP contribution in [0.1, 0.15) is 55.4 Å². The first kappa shape index (κ1) is 27.4. The molecular weight excluding hydrogens is 531 g/mol. The second kappa shape index (κ2) is 15.1. The predicted molar refractivity (Wildman–Crippen MR) is 143 cm³/mol. The molecule has 1 aromatic heterocycles. The number of aromatic nitrogens is 3. The molecule has 0 fully saturated rings. The van der Waals surface area contributed by atoms with Gasteiger partial charge in [0.15, 0.2) is 5.96 Å². The summed E-state index contributed by atoms with van der Waals surface area (Å²) in [6, 6.07) is 6.27. The van der Waals surface area contributed by atoms with Crippen LogP contribution in [0.3, 0.4) is 0 Å². The van der Waals surface area contributed by atoms with Gasteiger partial charge in [-0.3, -0.25) is 4.99 Å². The first-order valence-electron chi connectivity index (χ1n) is 11.9. The Labute approximate surface area is 215 Å². The molecule has 0 atom stereocenters. The van der Waals surface area contributed by atoms with Gasteiger partial charge in [-0.2, -0.15) is 0 Å². The van der Waals surface area contributed by atoms with Crippen molar-refractivity contribution in [1.82, 2.24) is 25.4 Å². The quantitative estimate of drug-likeness (QED) is 0.186. The van der Waals surface area contributed by atoms with Crippen molar-refractivity contribution in [2.24, 2.45) is 4.99 Å². The van der Waals surface area contributed by atoms with Crippen molar-refractivity contribution in [3.63, 3.8) is 0 Å². The van der Waals surface area contributed by atoms with Crippen LogP contribution >= 0.6 is 24.0 Å². The van der Waals surface area contributed by atoms with Crippen molar-refractivity contribution in [2.75, 3.05) is 33.4 Å². The first-order valence-corrected chi connectivity index (χ1v) is 11.9. The molecule has 0 bridgehead atoms. The number of benzene rings is 1. The molecule has 0 saturated carbocycles. The fourth-order valence-corrected chi connectivity index (χ4v) is 3.88. The van der Waals surface area contributed by atoms with Crippen LogP contribution in [-0.4, -0.2) is 54.1 Å². The lowest BCUT2D eigenvalue weighted by atomic mass is 10.1. The van der Waals surface area contributed by atoms with E-state index < -0.39 is 0 Å². The molecule has 8 nitrogen and oxygen atoms in total. The molecule has 0 radical (unpaired) electrons. The monoisotopic (exact) mass is 570 g/mol. The van der Waals surface area contributed by atoms with E-state index >= 15 is 0 Å². The van der Waals surface area contributed by atoms with E-state index in [9.17, 15) is 0 Å². The molecule has 0 spiro atoms. The van der Waals surface area contributed by atoms with Crippen molar-refractivity contribution in [1.29, 1.82) is 0 Å². The van der Waals surface area contributed by atoms with Gasteiger partial charge in [0.25, 0.3) is 0 Å². The molecule has 1 aliphatic heterocycles. The minimum absolute atomic E-state index is 0. The highest BCUT2D eigenvalue weighted by atomic mass is 127. The molecular formula is C24H39IN6O2. The third-order valence-corrected chi connectivity index (χ3v) is 5.64. The Kier molecular flexibility index (Phi) is 12.5. The summed E-state index contributed by atoms with van der Waals surface area (Å²) < 4.78 is 13.6. The van der Waals surface area contributed by atoms with Crippen molar-refractivity contribution in [3.05, 3.63) is 41.0 Å². The molecule has 3 rings (SSSR count). The van der Waals surface area contributed by atoms with Crippen LogP contribution in [0.2, 0.25) is 0 Å². The SMILES string of the molecule is CCOCCOc1cc(C)ccc1CNC(=NC)NCCCc1nnc2n1CCCCC2.I. The number of nitrogens with one attached hydrogen (secondary N) is 2. The van der Waals surface area contributed by atoms with E-state index in [0.29, 0.717) is 26.4 Å². The van der Waals surface area contributed by atoms with Gasteiger partial charge in [-0.1, -0.05) is 18.6 Å². The minimum atomic E-state index is 0. The Morgan fingerprint density at radius 1 is 1.15 bits per heavy atom.